The molecule has 0 aliphatic rings. The molecule has 0 spiro atoms. The first-order chi connectivity index (χ1) is 14.5. The Morgan fingerprint density at radius 2 is 1.17 bits per heavy atom. The monoisotopic (exact) mass is 532 g/mol. The van der Waals surface area contributed by atoms with Crippen molar-refractivity contribution in [3.8, 4) is 11.5 Å². The molecule has 0 aliphatic carbocycles. The highest BCUT2D eigenvalue weighted by Gasteiger charge is 2.24. The second-order valence-electron chi connectivity index (χ2n) is 8.23. The molecule has 0 saturated heterocycles. The van der Waals surface area contributed by atoms with Crippen LogP contribution in [-0.4, -0.2) is 16.4 Å². The number of carboxylic acid groups (broad SMARTS) is 1. The van der Waals surface area contributed by atoms with Crippen molar-refractivity contribution >= 4 is 28.7 Å². The van der Waals surface area contributed by atoms with Gasteiger partial charge < -0.3 is 14.9 Å². The van der Waals surface area contributed by atoms with Gasteiger partial charge in [0.05, 0.1) is 3.57 Å². The van der Waals surface area contributed by atoms with Gasteiger partial charge in [-0.2, -0.15) is 0 Å². The number of aromatic hydroxyl groups is 1. The van der Waals surface area contributed by atoms with E-state index in [-0.39, 0.29) is 11.5 Å². The number of halogens is 1. The fourth-order valence-corrected chi connectivity index (χ4v) is 4.99. The molecule has 0 aliphatic heterocycles. The van der Waals surface area contributed by atoms with Crippen molar-refractivity contribution in [3.63, 3.8) is 0 Å². The standard InChI is InChI=1S/C25H41IO4/c1-4-7-10-13-16-19-20(17-14-11-8-5-2)22(26)24(30-25(28)29)23(27)21(19)18-15-12-9-6-3/h27H,4-18H2,1-3H3,(H,28,29). The zero-order valence-corrected chi connectivity index (χ0v) is 21.4. The zero-order chi connectivity index (χ0) is 22.4. The van der Waals surface area contributed by atoms with E-state index < -0.39 is 6.16 Å². The molecule has 5 heteroatoms. The number of rotatable bonds is 16. The van der Waals surface area contributed by atoms with E-state index in [9.17, 15) is 15.0 Å². The first-order valence-corrected chi connectivity index (χ1v) is 13.0. The van der Waals surface area contributed by atoms with E-state index in [2.05, 4.69) is 43.4 Å². The maximum atomic E-state index is 11.3. The van der Waals surface area contributed by atoms with Crippen LogP contribution in [0.15, 0.2) is 0 Å². The number of phenols is 1. The molecule has 1 aromatic rings. The molecular formula is C25H41IO4. The minimum absolute atomic E-state index is 0.0427. The van der Waals surface area contributed by atoms with Crippen LogP contribution in [0, 0.1) is 3.57 Å². The average Bonchev–Trinajstić information content (AvgIpc) is 2.72. The normalized spacial score (nSPS) is 11.1. The molecule has 172 valence electrons. The van der Waals surface area contributed by atoms with Gasteiger partial charge in [0.15, 0.2) is 11.5 Å². The predicted molar refractivity (Wildman–Crippen MR) is 133 cm³/mol. The Hall–Kier alpha value is -0.980. The molecule has 0 bridgehead atoms. The molecule has 0 amide bonds. The number of unbranched alkanes of at least 4 members (excludes halogenated alkanes) is 9. The van der Waals surface area contributed by atoms with Crippen molar-refractivity contribution in [3.05, 3.63) is 20.3 Å². The van der Waals surface area contributed by atoms with Crippen molar-refractivity contribution in [1.29, 1.82) is 0 Å². The highest BCUT2D eigenvalue weighted by Crippen LogP contribution is 2.42. The van der Waals surface area contributed by atoms with E-state index in [0.29, 0.717) is 0 Å². The Bertz CT molecular complexity index is 604. The van der Waals surface area contributed by atoms with Crippen molar-refractivity contribution in [2.45, 2.75) is 117 Å². The van der Waals surface area contributed by atoms with Crippen LogP contribution in [0.3, 0.4) is 0 Å². The van der Waals surface area contributed by atoms with Crippen LogP contribution in [0.4, 0.5) is 4.79 Å². The second kappa shape index (κ2) is 15.8. The molecule has 4 nitrogen and oxygen atoms in total. The van der Waals surface area contributed by atoms with E-state index in [1.165, 1.54) is 62.5 Å². The number of benzene rings is 1. The lowest BCUT2D eigenvalue weighted by Crippen LogP contribution is -2.11. The molecule has 0 saturated carbocycles. The molecule has 2 N–H and O–H groups in total. The summed E-state index contributed by atoms with van der Waals surface area (Å²) in [4.78, 5) is 11.3. The summed E-state index contributed by atoms with van der Waals surface area (Å²) in [6, 6.07) is 0. The van der Waals surface area contributed by atoms with E-state index in [4.69, 9.17) is 4.74 Å². The first kappa shape index (κ1) is 27.1. The van der Waals surface area contributed by atoms with Crippen LogP contribution in [-0.2, 0) is 19.3 Å². The SMILES string of the molecule is CCCCCCc1c(O)c(OC(=O)O)c(I)c(CCCCCC)c1CCCCCC. The molecule has 0 fully saturated rings. The Balaban J connectivity index is 3.31. The van der Waals surface area contributed by atoms with Crippen molar-refractivity contribution in [1.82, 2.24) is 0 Å². The second-order valence-corrected chi connectivity index (χ2v) is 9.31. The number of ether oxygens (including phenoxy) is 1. The number of hydrogen-bond acceptors (Lipinski definition) is 3. The molecule has 0 radical (unpaired) electrons. The highest BCUT2D eigenvalue weighted by atomic mass is 127. The van der Waals surface area contributed by atoms with E-state index >= 15 is 0 Å². The fraction of sp³-hybridized carbons (Fsp3) is 0.720. The summed E-state index contributed by atoms with van der Waals surface area (Å²) in [5.74, 6) is 0.178. The van der Waals surface area contributed by atoms with Gasteiger partial charge in [-0.3, -0.25) is 0 Å². The number of phenolic OH excluding ortho intramolecular Hbond substituents is 1. The van der Waals surface area contributed by atoms with Crippen LogP contribution in [0.1, 0.15) is 115 Å². The van der Waals surface area contributed by atoms with E-state index in [1.54, 1.807) is 0 Å². The van der Waals surface area contributed by atoms with Crippen molar-refractivity contribution in [2.24, 2.45) is 0 Å². The molecule has 0 aromatic heterocycles. The fourth-order valence-electron chi connectivity index (χ4n) is 4.03. The lowest BCUT2D eigenvalue weighted by Gasteiger charge is -2.21. The molecule has 1 aromatic carbocycles. The van der Waals surface area contributed by atoms with Gasteiger partial charge in [-0.25, -0.2) is 4.79 Å². The lowest BCUT2D eigenvalue weighted by atomic mass is 9.89. The average molecular weight is 533 g/mol. The quantitative estimate of drug-likeness (QED) is 0.0971. The van der Waals surface area contributed by atoms with Gasteiger partial charge in [-0.1, -0.05) is 78.6 Å². The number of hydrogen-bond donors (Lipinski definition) is 2. The summed E-state index contributed by atoms with van der Waals surface area (Å²) in [5, 5.41) is 20.2. The minimum atomic E-state index is -1.37. The molecule has 0 heterocycles. The third-order valence-electron chi connectivity index (χ3n) is 5.72. The number of carbonyl (C=O) groups is 1. The van der Waals surface area contributed by atoms with Crippen LogP contribution in [0.5, 0.6) is 11.5 Å². The summed E-state index contributed by atoms with van der Waals surface area (Å²) in [6.45, 7) is 6.61. The van der Waals surface area contributed by atoms with Crippen LogP contribution >= 0.6 is 22.6 Å². The van der Waals surface area contributed by atoms with Gasteiger partial charge in [-0.15, -0.1) is 0 Å². The summed E-state index contributed by atoms with van der Waals surface area (Å²) in [5.41, 5.74) is 3.37. The summed E-state index contributed by atoms with van der Waals surface area (Å²) < 4.78 is 5.84. The largest absolute Gasteiger partial charge is 0.511 e. The Labute approximate surface area is 196 Å². The highest BCUT2D eigenvalue weighted by molar-refractivity contribution is 14.1. The summed E-state index contributed by atoms with van der Waals surface area (Å²) in [6.07, 6.45) is 15.1. The summed E-state index contributed by atoms with van der Waals surface area (Å²) in [7, 11) is 0. The van der Waals surface area contributed by atoms with Crippen LogP contribution < -0.4 is 4.74 Å². The molecule has 0 unspecified atom stereocenters. The van der Waals surface area contributed by atoms with Gasteiger partial charge in [-0.05, 0) is 72.2 Å². The van der Waals surface area contributed by atoms with Crippen molar-refractivity contribution < 1.29 is 19.7 Å². The Morgan fingerprint density at radius 1 is 0.733 bits per heavy atom. The molecule has 0 atom stereocenters. The van der Waals surface area contributed by atoms with E-state index in [0.717, 1.165) is 54.1 Å². The van der Waals surface area contributed by atoms with E-state index in [1.807, 2.05) is 0 Å². The lowest BCUT2D eigenvalue weighted by molar-refractivity contribution is 0.142. The van der Waals surface area contributed by atoms with Gasteiger partial charge in [0, 0.05) is 5.56 Å². The maximum absolute atomic E-state index is 11.3. The van der Waals surface area contributed by atoms with Gasteiger partial charge in [0.1, 0.15) is 0 Å². The van der Waals surface area contributed by atoms with Crippen LogP contribution in [0.25, 0.3) is 0 Å². The molecular weight excluding hydrogens is 491 g/mol. The third kappa shape index (κ3) is 9.03. The topological polar surface area (TPSA) is 66.8 Å². The Morgan fingerprint density at radius 3 is 1.60 bits per heavy atom. The third-order valence-corrected chi connectivity index (χ3v) is 6.87. The summed E-state index contributed by atoms with van der Waals surface area (Å²) >= 11 is 2.17. The zero-order valence-electron chi connectivity index (χ0n) is 19.2. The first-order valence-electron chi connectivity index (χ1n) is 11.9. The maximum Gasteiger partial charge on any atom is 0.511 e. The molecule has 30 heavy (non-hydrogen) atoms. The smallest absolute Gasteiger partial charge is 0.504 e. The Kier molecular flexibility index (Phi) is 14.2. The van der Waals surface area contributed by atoms with Crippen molar-refractivity contribution in [2.75, 3.05) is 0 Å². The van der Waals surface area contributed by atoms with Gasteiger partial charge in [0.25, 0.3) is 0 Å². The van der Waals surface area contributed by atoms with Gasteiger partial charge in [0.2, 0.25) is 0 Å². The molecule has 1 rings (SSSR count). The predicted octanol–water partition coefficient (Wildman–Crippen LogP) is 8.42. The minimum Gasteiger partial charge on any atom is -0.504 e. The van der Waals surface area contributed by atoms with Gasteiger partial charge >= 0.3 is 6.16 Å². The van der Waals surface area contributed by atoms with Crippen LogP contribution in [0.2, 0.25) is 0 Å².